The molecule has 0 radical (unpaired) electrons. The number of hydrogen-bond donors (Lipinski definition) is 1. The molecule has 2 amide bonds. The summed E-state index contributed by atoms with van der Waals surface area (Å²) in [5.41, 5.74) is 4.60. The third-order valence-corrected chi connectivity index (χ3v) is 6.29. The van der Waals surface area contributed by atoms with E-state index in [4.69, 9.17) is 0 Å². The van der Waals surface area contributed by atoms with Gasteiger partial charge in [0.2, 0.25) is 11.8 Å². The van der Waals surface area contributed by atoms with Crippen molar-refractivity contribution in [3.63, 3.8) is 0 Å². The van der Waals surface area contributed by atoms with Gasteiger partial charge in [-0.3, -0.25) is 9.59 Å². The van der Waals surface area contributed by atoms with E-state index in [-0.39, 0.29) is 23.7 Å². The summed E-state index contributed by atoms with van der Waals surface area (Å²) in [5, 5.41) is 3.06. The zero-order valence-corrected chi connectivity index (χ0v) is 16.5. The Morgan fingerprint density at radius 1 is 0.893 bits per heavy atom. The molecule has 0 atom stereocenters. The lowest BCUT2D eigenvalue weighted by Gasteiger charge is -2.34. The predicted molar refractivity (Wildman–Crippen MR) is 111 cm³/mol. The molecular formula is C24H28N2O2. The van der Waals surface area contributed by atoms with Crippen molar-refractivity contribution in [2.24, 2.45) is 11.8 Å². The maximum atomic E-state index is 13.0. The van der Waals surface area contributed by atoms with E-state index in [1.165, 1.54) is 11.1 Å². The molecule has 4 rings (SSSR count). The lowest BCUT2D eigenvalue weighted by molar-refractivity contribution is -0.138. The van der Waals surface area contributed by atoms with Crippen molar-refractivity contribution in [1.82, 2.24) is 4.90 Å². The first-order valence-electron chi connectivity index (χ1n) is 10.3. The maximum absolute atomic E-state index is 13.0. The molecule has 4 nitrogen and oxygen atoms in total. The number of para-hydroxylation sites is 1. The number of fused-ring (bicyclic) bond motifs is 1. The monoisotopic (exact) mass is 376 g/mol. The SMILES string of the molecule is Cc1ccccc1NC(=O)C1CCC(C(=O)N2CCc3ccccc3C2)CC1. The number of hydrogen-bond acceptors (Lipinski definition) is 2. The number of nitrogens with zero attached hydrogens (tertiary/aromatic N) is 1. The smallest absolute Gasteiger partial charge is 0.227 e. The molecule has 1 aliphatic carbocycles. The maximum Gasteiger partial charge on any atom is 0.227 e. The minimum absolute atomic E-state index is 0.00531. The van der Waals surface area contributed by atoms with Gasteiger partial charge in [-0.05, 0) is 61.8 Å². The highest BCUT2D eigenvalue weighted by Gasteiger charge is 2.33. The molecule has 28 heavy (non-hydrogen) atoms. The molecule has 2 aliphatic rings. The van der Waals surface area contributed by atoms with Gasteiger partial charge in [-0.2, -0.15) is 0 Å². The van der Waals surface area contributed by atoms with Crippen molar-refractivity contribution in [1.29, 1.82) is 0 Å². The van der Waals surface area contributed by atoms with Crippen LogP contribution in [0.5, 0.6) is 0 Å². The Bertz CT molecular complexity index is 868. The van der Waals surface area contributed by atoms with Crippen LogP contribution in [-0.2, 0) is 22.6 Å². The molecule has 1 N–H and O–H groups in total. The third kappa shape index (κ3) is 3.96. The molecule has 0 saturated heterocycles. The molecule has 1 heterocycles. The van der Waals surface area contributed by atoms with E-state index in [0.29, 0.717) is 0 Å². The topological polar surface area (TPSA) is 49.4 Å². The lowest BCUT2D eigenvalue weighted by atomic mass is 9.80. The summed E-state index contributed by atoms with van der Waals surface area (Å²) in [7, 11) is 0. The Morgan fingerprint density at radius 3 is 2.29 bits per heavy atom. The average Bonchev–Trinajstić information content (AvgIpc) is 2.74. The molecule has 2 aromatic carbocycles. The second-order valence-electron chi connectivity index (χ2n) is 8.13. The molecule has 1 saturated carbocycles. The van der Waals surface area contributed by atoms with E-state index >= 15 is 0 Å². The second kappa shape index (κ2) is 8.17. The third-order valence-electron chi connectivity index (χ3n) is 6.29. The summed E-state index contributed by atoms with van der Waals surface area (Å²) in [6.07, 6.45) is 4.14. The van der Waals surface area contributed by atoms with E-state index in [9.17, 15) is 9.59 Å². The minimum Gasteiger partial charge on any atom is -0.338 e. The fourth-order valence-corrected chi connectivity index (χ4v) is 4.49. The highest BCUT2D eigenvalue weighted by Crippen LogP contribution is 2.32. The zero-order valence-electron chi connectivity index (χ0n) is 16.5. The van der Waals surface area contributed by atoms with E-state index in [1.807, 2.05) is 42.2 Å². The molecule has 2 aromatic rings. The molecule has 0 spiro atoms. The van der Waals surface area contributed by atoms with Crippen molar-refractivity contribution < 1.29 is 9.59 Å². The van der Waals surface area contributed by atoms with Crippen molar-refractivity contribution in [3.05, 3.63) is 65.2 Å². The minimum atomic E-state index is 0.00531. The number of amides is 2. The fourth-order valence-electron chi connectivity index (χ4n) is 4.49. The highest BCUT2D eigenvalue weighted by molar-refractivity contribution is 5.93. The summed E-state index contributed by atoms with van der Waals surface area (Å²) < 4.78 is 0. The number of anilines is 1. The zero-order chi connectivity index (χ0) is 19.5. The van der Waals surface area contributed by atoms with Gasteiger partial charge in [0, 0.05) is 30.6 Å². The van der Waals surface area contributed by atoms with Gasteiger partial charge in [-0.1, -0.05) is 42.5 Å². The quantitative estimate of drug-likeness (QED) is 0.867. The number of benzene rings is 2. The molecule has 146 valence electrons. The van der Waals surface area contributed by atoms with Gasteiger partial charge in [0.1, 0.15) is 0 Å². The normalized spacial score (nSPS) is 21.7. The van der Waals surface area contributed by atoms with Gasteiger partial charge >= 0.3 is 0 Å². The van der Waals surface area contributed by atoms with E-state index in [2.05, 4.69) is 23.5 Å². The van der Waals surface area contributed by atoms with Gasteiger partial charge in [-0.25, -0.2) is 0 Å². The van der Waals surface area contributed by atoms with Gasteiger partial charge in [-0.15, -0.1) is 0 Å². The van der Waals surface area contributed by atoms with Crippen LogP contribution in [0.4, 0.5) is 5.69 Å². The molecule has 0 aromatic heterocycles. The molecule has 0 unspecified atom stereocenters. The summed E-state index contributed by atoms with van der Waals surface area (Å²) >= 11 is 0. The van der Waals surface area contributed by atoms with Crippen LogP contribution in [0.25, 0.3) is 0 Å². The van der Waals surface area contributed by atoms with Crippen LogP contribution in [0.2, 0.25) is 0 Å². The van der Waals surface area contributed by atoms with Gasteiger partial charge in [0.25, 0.3) is 0 Å². The second-order valence-corrected chi connectivity index (χ2v) is 8.13. The van der Waals surface area contributed by atoms with Crippen LogP contribution < -0.4 is 5.32 Å². The first-order chi connectivity index (χ1) is 13.6. The average molecular weight is 377 g/mol. The molecule has 4 heteroatoms. The number of carbonyl (C=O) groups excluding carboxylic acids is 2. The van der Waals surface area contributed by atoms with Crippen molar-refractivity contribution in [2.45, 2.75) is 45.6 Å². The molecule has 1 fully saturated rings. The van der Waals surface area contributed by atoms with Crippen molar-refractivity contribution >= 4 is 17.5 Å². The van der Waals surface area contributed by atoms with Crippen LogP contribution in [-0.4, -0.2) is 23.3 Å². The Hall–Kier alpha value is -2.62. The van der Waals surface area contributed by atoms with Crippen LogP contribution >= 0.6 is 0 Å². The molecule has 0 bridgehead atoms. The van der Waals surface area contributed by atoms with Gasteiger partial charge in [0.15, 0.2) is 0 Å². The fraction of sp³-hybridized carbons (Fsp3) is 0.417. The Kier molecular flexibility index (Phi) is 5.47. The standard InChI is InChI=1S/C24H28N2O2/c1-17-6-2-5-9-22(17)25-23(27)19-10-12-20(13-11-19)24(28)26-15-14-18-7-3-4-8-21(18)16-26/h2-9,19-20H,10-16H2,1H3,(H,25,27). The summed E-state index contributed by atoms with van der Waals surface area (Å²) in [4.78, 5) is 27.6. The number of rotatable bonds is 3. The van der Waals surface area contributed by atoms with E-state index in [1.54, 1.807) is 0 Å². The number of aryl methyl sites for hydroxylation is 1. The Labute approximate surface area is 166 Å². The van der Waals surface area contributed by atoms with Crippen LogP contribution in [0.15, 0.2) is 48.5 Å². The van der Waals surface area contributed by atoms with Crippen LogP contribution in [0, 0.1) is 18.8 Å². The van der Waals surface area contributed by atoms with Gasteiger partial charge in [0.05, 0.1) is 0 Å². The number of nitrogens with one attached hydrogen (secondary N) is 1. The van der Waals surface area contributed by atoms with Gasteiger partial charge < -0.3 is 10.2 Å². The van der Waals surface area contributed by atoms with Crippen LogP contribution in [0.3, 0.4) is 0 Å². The van der Waals surface area contributed by atoms with Crippen molar-refractivity contribution in [3.8, 4) is 0 Å². The van der Waals surface area contributed by atoms with Crippen molar-refractivity contribution in [2.75, 3.05) is 11.9 Å². The Balaban J connectivity index is 1.31. The van der Waals surface area contributed by atoms with E-state index < -0.39 is 0 Å². The first kappa shape index (κ1) is 18.7. The molecular weight excluding hydrogens is 348 g/mol. The van der Waals surface area contributed by atoms with Crippen LogP contribution in [0.1, 0.15) is 42.4 Å². The number of carbonyl (C=O) groups is 2. The lowest BCUT2D eigenvalue weighted by Crippen LogP contribution is -2.41. The summed E-state index contributed by atoms with van der Waals surface area (Å²) in [6, 6.07) is 16.3. The largest absolute Gasteiger partial charge is 0.338 e. The Morgan fingerprint density at radius 2 is 1.54 bits per heavy atom. The molecule has 1 aliphatic heterocycles. The summed E-state index contributed by atoms with van der Waals surface area (Å²) in [6.45, 7) is 3.54. The predicted octanol–water partition coefficient (Wildman–Crippen LogP) is 4.32. The summed E-state index contributed by atoms with van der Waals surface area (Å²) in [5.74, 6) is 0.429. The highest BCUT2D eigenvalue weighted by atomic mass is 16.2. The first-order valence-corrected chi connectivity index (χ1v) is 10.3. The van der Waals surface area contributed by atoms with E-state index in [0.717, 1.165) is 56.4 Å².